The average Bonchev–Trinajstić information content (AvgIpc) is 2.94. The molecule has 2 rings (SSSR count). The largest absolute Gasteiger partial charge is 0.416 e. The molecule has 1 saturated heterocycles. The van der Waals surface area contributed by atoms with Crippen molar-refractivity contribution in [3.8, 4) is 0 Å². The first-order valence-electron chi connectivity index (χ1n) is 6.97. The van der Waals surface area contributed by atoms with E-state index in [1.165, 1.54) is 0 Å². The van der Waals surface area contributed by atoms with E-state index in [0.717, 1.165) is 11.2 Å². The van der Waals surface area contributed by atoms with Crippen molar-refractivity contribution >= 4 is 15.7 Å². The molecule has 0 bridgehead atoms. The summed E-state index contributed by atoms with van der Waals surface area (Å²) in [6.45, 7) is -0.330. The van der Waals surface area contributed by atoms with E-state index >= 15 is 0 Å². The van der Waals surface area contributed by atoms with Crippen molar-refractivity contribution in [3.63, 3.8) is 0 Å². The van der Waals surface area contributed by atoms with Crippen LogP contribution in [0.15, 0.2) is 18.2 Å². The van der Waals surface area contributed by atoms with Gasteiger partial charge < -0.3 is 4.90 Å². The van der Waals surface area contributed by atoms with E-state index in [9.17, 15) is 39.6 Å². The molecule has 0 aliphatic carbocycles. The average molecular weight is 389 g/mol. The Labute approximate surface area is 139 Å². The quantitative estimate of drug-likeness (QED) is 0.731. The molecule has 0 N–H and O–H groups in total. The van der Waals surface area contributed by atoms with Gasteiger partial charge in [-0.05, 0) is 24.6 Å². The number of rotatable bonds is 2. The Bertz CT molecular complexity index is 752. The summed E-state index contributed by atoms with van der Waals surface area (Å²) in [5.74, 6) is -1.07. The van der Waals surface area contributed by atoms with Crippen molar-refractivity contribution in [2.75, 3.05) is 19.3 Å². The van der Waals surface area contributed by atoms with Gasteiger partial charge in [0.25, 0.3) is 5.91 Å². The van der Waals surface area contributed by atoms with E-state index in [1.54, 1.807) is 0 Å². The number of amides is 1. The third-order valence-electron chi connectivity index (χ3n) is 3.87. The van der Waals surface area contributed by atoms with Gasteiger partial charge in [-0.1, -0.05) is 0 Å². The second-order valence-electron chi connectivity index (χ2n) is 5.79. The predicted octanol–water partition coefficient (Wildman–Crippen LogP) is 2.98. The number of hydrogen-bond donors (Lipinski definition) is 0. The highest BCUT2D eigenvalue weighted by Crippen LogP contribution is 2.36. The monoisotopic (exact) mass is 389 g/mol. The van der Waals surface area contributed by atoms with Gasteiger partial charge in [0.2, 0.25) is 0 Å². The van der Waals surface area contributed by atoms with E-state index in [2.05, 4.69) is 0 Å². The van der Waals surface area contributed by atoms with E-state index in [1.807, 2.05) is 0 Å². The fraction of sp³-hybridized carbons (Fsp3) is 0.500. The van der Waals surface area contributed by atoms with Crippen LogP contribution in [0.2, 0.25) is 0 Å². The van der Waals surface area contributed by atoms with Crippen LogP contribution in [0, 0.1) is 0 Å². The number of likely N-dealkylation sites (tertiary alicyclic amines) is 1. The van der Waals surface area contributed by atoms with Crippen LogP contribution in [0.1, 0.15) is 27.9 Å². The molecular formula is C14H13F6NO3S. The van der Waals surface area contributed by atoms with Crippen molar-refractivity contribution in [3.05, 3.63) is 34.9 Å². The smallest absolute Gasteiger partial charge is 0.337 e. The summed E-state index contributed by atoms with van der Waals surface area (Å²) in [7, 11) is -3.47. The minimum atomic E-state index is -5.06. The van der Waals surface area contributed by atoms with Crippen LogP contribution >= 0.6 is 0 Å². The summed E-state index contributed by atoms with van der Waals surface area (Å²) in [5.41, 5.74) is -3.97. The van der Waals surface area contributed by atoms with Crippen molar-refractivity contribution in [2.45, 2.75) is 24.0 Å². The van der Waals surface area contributed by atoms with Gasteiger partial charge in [0, 0.05) is 24.9 Å². The van der Waals surface area contributed by atoms with Gasteiger partial charge in [0.1, 0.15) is 0 Å². The lowest BCUT2D eigenvalue weighted by molar-refractivity contribution is -0.143. The lowest BCUT2D eigenvalue weighted by atomic mass is 10.0. The number of nitrogens with zero attached hydrogens (tertiary/aromatic N) is 1. The molecule has 140 valence electrons. The minimum Gasteiger partial charge on any atom is -0.337 e. The lowest BCUT2D eigenvalue weighted by Crippen LogP contribution is -2.32. The molecule has 1 atom stereocenters. The fourth-order valence-corrected chi connectivity index (χ4v) is 3.51. The zero-order valence-electron chi connectivity index (χ0n) is 12.8. The first-order chi connectivity index (χ1) is 11.2. The van der Waals surface area contributed by atoms with Crippen molar-refractivity contribution in [2.24, 2.45) is 0 Å². The highest BCUT2D eigenvalue weighted by molar-refractivity contribution is 7.91. The molecule has 1 aromatic rings. The van der Waals surface area contributed by atoms with Gasteiger partial charge >= 0.3 is 12.4 Å². The highest BCUT2D eigenvalue weighted by Gasteiger charge is 2.39. The summed E-state index contributed by atoms with van der Waals surface area (Å²) in [6, 6.07) is 0.608. The normalized spacial score (nSPS) is 19.3. The van der Waals surface area contributed by atoms with Gasteiger partial charge in [0.05, 0.1) is 16.4 Å². The van der Waals surface area contributed by atoms with Gasteiger partial charge in [-0.15, -0.1) is 0 Å². The van der Waals surface area contributed by atoms with Crippen LogP contribution in [0.25, 0.3) is 0 Å². The summed E-state index contributed by atoms with van der Waals surface area (Å²) < 4.78 is 99.9. The predicted molar refractivity (Wildman–Crippen MR) is 75.6 cm³/mol. The number of halogens is 6. The molecule has 1 aliphatic heterocycles. The lowest BCUT2D eigenvalue weighted by Gasteiger charge is -2.19. The minimum absolute atomic E-state index is 0.0613. The number of benzene rings is 1. The zero-order valence-corrected chi connectivity index (χ0v) is 13.6. The van der Waals surface area contributed by atoms with Crippen LogP contribution in [-0.2, 0) is 22.2 Å². The number of alkyl halides is 6. The van der Waals surface area contributed by atoms with E-state index in [4.69, 9.17) is 0 Å². The maximum atomic E-state index is 12.8. The van der Waals surface area contributed by atoms with Crippen molar-refractivity contribution in [1.29, 1.82) is 0 Å². The molecule has 1 aliphatic rings. The topological polar surface area (TPSA) is 54.5 Å². The molecule has 1 fully saturated rings. The van der Waals surface area contributed by atoms with Gasteiger partial charge in [-0.2, -0.15) is 26.3 Å². The third kappa shape index (κ3) is 4.44. The summed E-state index contributed by atoms with van der Waals surface area (Å²) >= 11 is 0. The van der Waals surface area contributed by atoms with Gasteiger partial charge in [0.15, 0.2) is 9.84 Å². The standard InChI is InChI=1S/C14H13F6NO3S/c1-25(23,24)11-2-3-21(7-11)12(22)8-4-9(13(15,16)17)6-10(5-8)14(18,19)20/h4-6,11H,2-3,7H2,1H3. The van der Waals surface area contributed by atoms with Gasteiger partial charge in [-0.3, -0.25) is 4.79 Å². The molecule has 25 heavy (non-hydrogen) atoms. The maximum absolute atomic E-state index is 12.8. The summed E-state index contributed by atoms with van der Waals surface area (Å²) in [6.07, 6.45) is -9.08. The van der Waals surface area contributed by atoms with E-state index < -0.39 is 50.0 Å². The Kier molecular flexibility index (Phi) is 4.84. The molecule has 1 aromatic carbocycles. The molecular weight excluding hydrogens is 376 g/mol. The number of hydrogen-bond acceptors (Lipinski definition) is 3. The Morgan fingerprint density at radius 1 is 1.04 bits per heavy atom. The molecule has 1 unspecified atom stereocenters. The summed E-state index contributed by atoms with van der Waals surface area (Å²) in [4.78, 5) is 13.2. The molecule has 1 heterocycles. The van der Waals surface area contributed by atoms with Crippen LogP contribution in [0.4, 0.5) is 26.3 Å². The molecule has 0 spiro atoms. The van der Waals surface area contributed by atoms with Crippen LogP contribution < -0.4 is 0 Å². The number of carbonyl (C=O) groups is 1. The van der Waals surface area contributed by atoms with E-state index in [0.29, 0.717) is 12.1 Å². The van der Waals surface area contributed by atoms with Crippen LogP contribution in [0.3, 0.4) is 0 Å². The molecule has 0 aromatic heterocycles. The number of sulfone groups is 1. The molecule has 0 radical (unpaired) electrons. The Morgan fingerprint density at radius 2 is 1.52 bits per heavy atom. The molecule has 4 nitrogen and oxygen atoms in total. The Morgan fingerprint density at radius 3 is 1.88 bits per heavy atom. The van der Waals surface area contributed by atoms with E-state index in [-0.39, 0.29) is 25.6 Å². The fourth-order valence-electron chi connectivity index (χ4n) is 2.52. The summed E-state index contributed by atoms with van der Waals surface area (Å²) in [5, 5.41) is -0.885. The third-order valence-corrected chi connectivity index (χ3v) is 5.47. The van der Waals surface area contributed by atoms with Crippen molar-refractivity contribution < 1.29 is 39.6 Å². The maximum Gasteiger partial charge on any atom is 0.416 e. The van der Waals surface area contributed by atoms with Gasteiger partial charge in [-0.25, -0.2) is 8.42 Å². The Balaban J connectivity index is 2.40. The van der Waals surface area contributed by atoms with Crippen LogP contribution in [-0.4, -0.2) is 43.8 Å². The molecule has 11 heteroatoms. The first-order valence-corrected chi connectivity index (χ1v) is 8.92. The molecule has 0 saturated carbocycles. The van der Waals surface area contributed by atoms with Crippen molar-refractivity contribution in [1.82, 2.24) is 4.90 Å². The highest BCUT2D eigenvalue weighted by atomic mass is 32.2. The zero-order chi connectivity index (χ0) is 19.2. The number of carbonyl (C=O) groups excluding carboxylic acids is 1. The first kappa shape index (κ1) is 19.5. The SMILES string of the molecule is CS(=O)(=O)C1CCN(C(=O)c2cc(C(F)(F)F)cc(C(F)(F)F)c2)C1. The van der Waals surface area contributed by atoms with Crippen LogP contribution in [0.5, 0.6) is 0 Å². The molecule has 1 amide bonds. The Hall–Kier alpha value is -1.78. The second kappa shape index (κ2) is 6.19. The second-order valence-corrected chi connectivity index (χ2v) is 8.11.